The summed E-state index contributed by atoms with van der Waals surface area (Å²) in [6.45, 7) is 2.70. The van der Waals surface area contributed by atoms with Crippen molar-refractivity contribution in [2.45, 2.75) is 31.0 Å². The molecule has 0 fully saturated rings. The van der Waals surface area contributed by atoms with Crippen molar-refractivity contribution in [3.63, 3.8) is 0 Å². The summed E-state index contributed by atoms with van der Waals surface area (Å²) in [6.07, 6.45) is 0. The zero-order valence-corrected chi connectivity index (χ0v) is 16.4. The molecule has 2 aromatic carbocycles. The van der Waals surface area contributed by atoms with E-state index >= 15 is 0 Å². The molecule has 0 saturated carbocycles. The Morgan fingerprint density at radius 3 is 2.93 bits per heavy atom. The van der Waals surface area contributed by atoms with Crippen molar-refractivity contribution in [3.05, 3.63) is 69.0 Å². The highest BCUT2D eigenvalue weighted by Gasteiger charge is 2.21. The molecule has 0 atom stereocenters. The number of aromatic amines is 1. The van der Waals surface area contributed by atoms with Gasteiger partial charge in [0.25, 0.3) is 5.69 Å². The van der Waals surface area contributed by atoms with E-state index in [0.29, 0.717) is 33.6 Å². The van der Waals surface area contributed by atoms with Crippen LogP contribution in [0.2, 0.25) is 0 Å². The van der Waals surface area contributed by atoms with E-state index in [1.54, 1.807) is 0 Å². The van der Waals surface area contributed by atoms with Gasteiger partial charge < -0.3 is 14.2 Å². The molecular formula is C19H18N4O5S. The highest BCUT2D eigenvalue weighted by molar-refractivity contribution is 7.98. The van der Waals surface area contributed by atoms with Crippen LogP contribution in [0.15, 0.2) is 41.6 Å². The summed E-state index contributed by atoms with van der Waals surface area (Å²) in [5, 5.41) is 18.7. The number of nitrogens with zero attached hydrogens (tertiary/aromatic N) is 3. The van der Waals surface area contributed by atoms with Gasteiger partial charge in [-0.3, -0.25) is 15.2 Å². The molecule has 0 bridgehead atoms. The monoisotopic (exact) mass is 414 g/mol. The minimum Gasteiger partial charge on any atom is -0.486 e. The average molecular weight is 414 g/mol. The molecule has 2 heterocycles. The number of nitro groups is 1. The Hall–Kier alpha value is -3.11. The van der Waals surface area contributed by atoms with E-state index in [4.69, 9.17) is 14.2 Å². The molecule has 29 heavy (non-hydrogen) atoms. The lowest BCUT2D eigenvalue weighted by Crippen LogP contribution is -2.13. The predicted octanol–water partition coefficient (Wildman–Crippen LogP) is 3.76. The number of hydrogen-bond donors (Lipinski definition) is 1. The third-order valence-corrected chi connectivity index (χ3v) is 5.14. The normalized spacial score (nSPS) is 12.9. The number of benzene rings is 2. The van der Waals surface area contributed by atoms with Crippen LogP contribution in [0, 0.1) is 17.0 Å². The van der Waals surface area contributed by atoms with Crippen molar-refractivity contribution in [1.29, 1.82) is 0 Å². The van der Waals surface area contributed by atoms with E-state index in [-0.39, 0.29) is 25.7 Å². The fourth-order valence-electron chi connectivity index (χ4n) is 2.83. The number of aryl methyl sites for hydroxylation is 1. The van der Waals surface area contributed by atoms with Gasteiger partial charge >= 0.3 is 0 Å². The third kappa shape index (κ3) is 4.66. The van der Waals surface area contributed by atoms with E-state index in [2.05, 4.69) is 15.2 Å². The summed E-state index contributed by atoms with van der Waals surface area (Å²) in [5.74, 6) is 2.41. The maximum Gasteiger partial charge on any atom is 0.270 e. The van der Waals surface area contributed by atoms with Crippen molar-refractivity contribution in [2.75, 3.05) is 6.79 Å². The van der Waals surface area contributed by atoms with Gasteiger partial charge in [-0.25, -0.2) is 4.98 Å². The van der Waals surface area contributed by atoms with E-state index in [1.807, 2.05) is 31.2 Å². The number of H-pyrrole nitrogens is 1. The molecule has 0 unspecified atom stereocenters. The number of non-ortho nitro benzene ring substituents is 1. The molecule has 1 aliphatic rings. The third-order valence-electron chi connectivity index (χ3n) is 4.25. The minimum atomic E-state index is -0.420. The molecule has 9 nitrogen and oxygen atoms in total. The van der Waals surface area contributed by atoms with E-state index in [9.17, 15) is 10.1 Å². The first-order valence-electron chi connectivity index (χ1n) is 8.83. The van der Waals surface area contributed by atoms with E-state index in [0.717, 1.165) is 11.3 Å². The molecule has 3 aromatic rings. The number of nitro benzene ring substituents is 1. The minimum absolute atomic E-state index is 0.00984. The number of fused-ring (bicyclic) bond motifs is 1. The fourth-order valence-corrected chi connectivity index (χ4v) is 3.61. The van der Waals surface area contributed by atoms with Crippen molar-refractivity contribution in [2.24, 2.45) is 0 Å². The quantitative estimate of drug-likeness (QED) is 0.353. The standard InChI is InChI=1S/C19H18N4O5S/c1-12-2-4-16(5-3-12)27-9-17-20-19(22-21-17)29-10-14-7-15(23(24)25)6-13-8-26-11-28-18(13)14/h2-7H,8-11H2,1H3,(H,20,21,22). The lowest BCUT2D eigenvalue weighted by Gasteiger charge is -2.20. The second kappa shape index (κ2) is 8.50. The molecule has 4 rings (SSSR count). The van der Waals surface area contributed by atoms with Crippen molar-refractivity contribution in [3.8, 4) is 11.5 Å². The predicted molar refractivity (Wildman–Crippen MR) is 105 cm³/mol. The first-order valence-corrected chi connectivity index (χ1v) is 9.81. The Kier molecular flexibility index (Phi) is 5.63. The van der Waals surface area contributed by atoms with Gasteiger partial charge in [0.05, 0.1) is 11.5 Å². The molecule has 0 amide bonds. The first kappa shape index (κ1) is 19.2. The smallest absolute Gasteiger partial charge is 0.270 e. The number of hydrogen-bond acceptors (Lipinski definition) is 8. The molecular weight excluding hydrogens is 396 g/mol. The lowest BCUT2D eigenvalue weighted by atomic mass is 10.1. The number of rotatable bonds is 7. The Morgan fingerprint density at radius 1 is 1.31 bits per heavy atom. The lowest BCUT2D eigenvalue weighted by molar-refractivity contribution is -0.385. The van der Waals surface area contributed by atoms with Crippen LogP contribution in [-0.2, 0) is 23.7 Å². The van der Waals surface area contributed by atoms with E-state index < -0.39 is 4.92 Å². The molecule has 150 valence electrons. The van der Waals surface area contributed by atoms with Gasteiger partial charge in [-0.15, -0.1) is 5.10 Å². The van der Waals surface area contributed by atoms with Crippen LogP contribution in [-0.4, -0.2) is 26.9 Å². The van der Waals surface area contributed by atoms with Crippen LogP contribution in [0.3, 0.4) is 0 Å². The van der Waals surface area contributed by atoms with Gasteiger partial charge in [0, 0.05) is 29.0 Å². The summed E-state index contributed by atoms with van der Waals surface area (Å²) >= 11 is 1.36. The second-order valence-corrected chi connectivity index (χ2v) is 7.36. The summed E-state index contributed by atoms with van der Waals surface area (Å²) in [4.78, 5) is 15.2. The maximum atomic E-state index is 11.2. The zero-order chi connectivity index (χ0) is 20.2. The summed E-state index contributed by atoms with van der Waals surface area (Å²) in [7, 11) is 0. The Bertz CT molecular complexity index is 1020. The van der Waals surface area contributed by atoms with Gasteiger partial charge in [0.1, 0.15) is 18.1 Å². The Balaban J connectivity index is 1.41. The number of aromatic nitrogens is 3. The molecule has 10 heteroatoms. The van der Waals surface area contributed by atoms with Crippen LogP contribution in [0.4, 0.5) is 5.69 Å². The summed E-state index contributed by atoms with van der Waals surface area (Å²) in [5.41, 5.74) is 2.55. The maximum absolute atomic E-state index is 11.2. The molecule has 0 spiro atoms. The largest absolute Gasteiger partial charge is 0.486 e. The fraction of sp³-hybridized carbons (Fsp3) is 0.263. The van der Waals surface area contributed by atoms with Crippen LogP contribution < -0.4 is 9.47 Å². The average Bonchev–Trinajstić information content (AvgIpc) is 3.19. The van der Waals surface area contributed by atoms with Crippen molar-refractivity contribution in [1.82, 2.24) is 15.2 Å². The van der Waals surface area contributed by atoms with Gasteiger partial charge in [0.2, 0.25) is 5.16 Å². The molecule has 0 aliphatic carbocycles. The highest BCUT2D eigenvalue weighted by atomic mass is 32.2. The SMILES string of the molecule is Cc1ccc(OCc2nc(SCc3cc([N+](=O)[O-])cc4c3OCOC4)n[nH]2)cc1. The van der Waals surface area contributed by atoms with Gasteiger partial charge in [0.15, 0.2) is 12.6 Å². The van der Waals surface area contributed by atoms with Gasteiger partial charge in [-0.2, -0.15) is 0 Å². The molecule has 1 aromatic heterocycles. The molecule has 1 N–H and O–H groups in total. The van der Waals surface area contributed by atoms with E-state index in [1.165, 1.54) is 23.9 Å². The first-order chi connectivity index (χ1) is 14.1. The zero-order valence-electron chi connectivity index (χ0n) is 15.6. The number of nitrogens with one attached hydrogen (secondary N) is 1. The number of ether oxygens (including phenoxy) is 3. The topological polar surface area (TPSA) is 112 Å². The van der Waals surface area contributed by atoms with Crippen molar-refractivity contribution < 1.29 is 19.1 Å². The van der Waals surface area contributed by atoms with Crippen LogP contribution >= 0.6 is 11.8 Å². The number of thioether (sulfide) groups is 1. The summed E-state index contributed by atoms with van der Waals surface area (Å²) in [6, 6.07) is 10.8. The Labute approximate surface area is 170 Å². The van der Waals surface area contributed by atoms with Crippen LogP contribution in [0.5, 0.6) is 11.5 Å². The second-order valence-electron chi connectivity index (χ2n) is 6.42. The van der Waals surface area contributed by atoms with Crippen LogP contribution in [0.25, 0.3) is 0 Å². The van der Waals surface area contributed by atoms with Gasteiger partial charge in [-0.1, -0.05) is 29.5 Å². The molecule has 1 aliphatic heterocycles. The molecule has 0 radical (unpaired) electrons. The van der Waals surface area contributed by atoms with Gasteiger partial charge in [-0.05, 0) is 19.1 Å². The summed E-state index contributed by atoms with van der Waals surface area (Å²) < 4.78 is 16.5. The van der Waals surface area contributed by atoms with Crippen LogP contribution in [0.1, 0.15) is 22.5 Å². The Morgan fingerprint density at radius 2 is 2.14 bits per heavy atom. The molecule has 0 saturated heterocycles. The highest BCUT2D eigenvalue weighted by Crippen LogP contribution is 2.35. The van der Waals surface area contributed by atoms with Crippen molar-refractivity contribution >= 4 is 17.4 Å².